The predicted octanol–water partition coefficient (Wildman–Crippen LogP) is 3.28. The largest absolute Gasteiger partial charge is 0.454 e. The third-order valence-electron chi connectivity index (χ3n) is 3.99. The van der Waals surface area contributed by atoms with Crippen molar-refractivity contribution in [3.8, 4) is 22.8 Å². The Morgan fingerprint density at radius 2 is 2.10 bits per heavy atom. The molecule has 0 fully saturated rings. The third-order valence-corrected chi connectivity index (χ3v) is 5.14. The van der Waals surface area contributed by atoms with Gasteiger partial charge in [-0.2, -0.15) is 0 Å². The van der Waals surface area contributed by atoms with Crippen molar-refractivity contribution in [1.82, 2.24) is 9.38 Å². The van der Waals surface area contributed by atoms with Crippen LogP contribution < -0.4 is 9.47 Å². The van der Waals surface area contributed by atoms with E-state index in [0.717, 1.165) is 27.7 Å². The quantitative estimate of drug-likeness (QED) is 0.688. The molecule has 0 spiro atoms. The van der Waals surface area contributed by atoms with Crippen LogP contribution in [0.1, 0.15) is 17.0 Å². The van der Waals surface area contributed by atoms with Gasteiger partial charge >= 0.3 is 0 Å². The fourth-order valence-electron chi connectivity index (χ4n) is 3.00. The van der Waals surface area contributed by atoms with E-state index in [0.29, 0.717) is 6.79 Å². The number of rotatable bonds is 1. The number of hydrogen-bond acceptors (Lipinski definition) is 4. The Kier molecular flexibility index (Phi) is 2.02. The Morgan fingerprint density at radius 1 is 1.15 bits per heavy atom. The lowest BCUT2D eigenvalue weighted by Gasteiger charge is -1.99. The Hall–Kier alpha value is -2.01. The molecule has 0 saturated carbocycles. The smallest absolute Gasteiger partial charge is 0.231 e. The van der Waals surface area contributed by atoms with E-state index in [1.54, 1.807) is 0 Å². The van der Waals surface area contributed by atoms with Crippen LogP contribution in [0.5, 0.6) is 11.5 Å². The van der Waals surface area contributed by atoms with Gasteiger partial charge < -0.3 is 9.47 Å². The van der Waals surface area contributed by atoms with Crippen LogP contribution in [0.3, 0.4) is 0 Å². The van der Waals surface area contributed by atoms with Crippen LogP contribution in [0.25, 0.3) is 16.2 Å². The number of imidazole rings is 1. The molecule has 0 radical (unpaired) electrons. The highest BCUT2D eigenvalue weighted by atomic mass is 32.1. The number of fused-ring (bicyclic) bond motifs is 4. The van der Waals surface area contributed by atoms with Gasteiger partial charge in [-0.1, -0.05) is 0 Å². The topological polar surface area (TPSA) is 35.8 Å². The van der Waals surface area contributed by atoms with E-state index in [-0.39, 0.29) is 0 Å². The predicted molar refractivity (Wildman–Crippen MR) is 76.7 cm³/mol. The Bertz CT molecular complexity index is 834. The summed E-state index contributed by atoms with van der Waals surface area (Å²) in [5.74, 6) is 1.62. The first-order chi connectivity index (χ1) is 9.88. The molecule has 20 heavy (non-hydrogen) atoms. The van der Waals surface area contributed by atoms with Gasteiger partial charge in [-0.3, -0.25) is 4.40 Å². The van der Waals surface area contributed by atoms with Crippen LogP contribution in [0.2, 0.25) is 0 Å². The van der Waals surface area contributed by atoms with Gasteiger partial charge in [0.15, 0.2) is 16.5 Å². The molecule has 5 rings (SSSR count). The molecule has 0 unspecified atom stereocenters. The summed E-state index contributed by atoms with van der Waals surface area (Å²) in [7, 11) is 0. The average molecular weight is 284 g/mol. The highest BCUT2D eigenvalue weighted by Crippen LogP contribution is 2.37. The fourth-order valence-corrected chi connectivity index (χ4v) is 4.19. The van der Waals surface area contributed by atoms with Crippen LogP contribution >= 0.6 is 11.3 Å². The number of thiazole rings is 1. The lowest BCUT2D eigenvalue weighted by atomic mass is 10.1. The molecular formula is C15H12N2O2S. The van der Waals surface area contributed by atoms with Crippen molar-refractivity contribution < 1.29 is 9.47 Å². The monoisotopic (exact) mass is 284 g/mol. The van der Waals surface area contributed by atoms with Crippen LogP contribution in [-0.2, 0) is 12.8 Å². The summed E-state index contributed by atoms with van der Waals surface area (Å²) in [5.41, 5.74) is 3.53. The standard InChI is InChI=1S/C15H12N2O2S/c1-2-11-14(3-1)20-15-16-10(7-17(11)15)9-4-5-12-13(6-9)19-8-18-12/h4-7H,1-3,8H2. The van der Waals surface area contributed by atoms with E-state index in [1.165, 1.54) is 29.8 Å². The summed E-state index contributed by atoms with van der Waals surface area (Å²) < 4.78 is 13.0. The zero-order valence-corrected chi connectivity index (χ0v) is 11.6. The number of hydrogen-bond donors (Lipinski definition) is 0. The fraction of sp³-hybridized carbons (Fsp3) is 0.267. The average Bonchev–Trinajstić information content (AvgIpc) is 3.18. The second-order valence-corrected chi connectivity index (χ2v) is 6.23. The lowest BCUT2D eigenvalue weighted by molar-refractivity contribution is 0.174. The van der Waals surface area contributed by atoms with Crippen molar-refractivity contribution >= 4 is 16.3 Å². The minimum Gasteiger partial charge on any atom is -0.454 e. The molecule has 100 valence electrons. The highest BCUT2D eigenvalue weighted by molar-refractivity contribution is 7.17. The van der Waals surface area contributed by atoms with Gasteiger partial charge in [0.25, 0.3) is 0 Å². The second kappa shape index (κ2) is 3.76. The number of nitrogens with zero attached hydrogens (tertiary/aromatic N) is 2. The first-order valence-electron chi connectivity index (χ1n) is 6.78. The van der Waals surface area contributed by atoms with E-state index in [2.05, 4.69) is 10.6 Å². The molecule has 0 bridgehead atoms. The van der Waals surface area contributed by atoms with Gasteiger partial charge in [-0.25, -0.2) is 4.98 Å². The molecule has 0 amide bonds. The van der Waals surface area contributed by atoms with Gasteiger partial charge in [0.1, 0.15) is 0 Å². The Morgan fingerprint density at radius 3 is 3.10 bits per heavy atom. The van der Waals surface area contributed by atoms with E-state index in [9.17, 15) is 0 Å². The molecule has 3 aromatic rings. The molecule has 1 aliphatic carbocycles. The highest BCUT2D eigenvalue weighted by Gasteiger charge is 2.20. The molecule has 2 aliphatic rings. The summed E-state index contributed by atoms with van der Waals surface area (Å²) in [5, 5.41) is 0. The van der Waals surface area contributed by atoms with Gasteiger partial charge in [0, 0.05) is 22.3 Å². The van der Waals surface area contributed by atoms with E-state index in [4.69, 9.17) is 14.5 Å². The van der Waals surface area contributed by atoms with Crippen LogP contribution in [0, 0.1) is 0 Å². The molecule has 4 nitrogen and oxygen atoms in total. The molecule has 0 atom stereocenters. The molecule has 1 aromatic carbocycles. The van der Waals surface area contributed by atoms with Crippen molar-refractivity contribution in [1.29, 1.82) is 0 Å². The maximum absolute atomic E-state index is 5.44. The maximum Gasteiger partial charge on any atom is 0.231 e. The van der Waals surface area contributed by atoms with Gasteiger partial charge in [-0.15, -0.1) is 11.3 Å². The summed E-state index contributed by atoms with van der Waals surface area (Å²) in [6, 6.07) is 6.00. The van der Waals surface area contributed by atoms with Gasteiger partial charge in [0.05, 0.1) is 5.69 Å². The minimum absolute atomic E-state index is 0.310. The first-order valence-corrected chi connectivity index (χ1v) is 7.60. The van der Waals surface area contributed by atoms with Crippen LogP contribution in [-0.4, -0.2) is 16.2 Å². The lowest BCUT2D eigenvalue weighted by Crippen LogP contribution is -1.92. The molecule has 0 saturated heterocycles. The minimum atomic E-state index is 0.310. The molecule has 3 heterocycles. The van der Waals surface area contributed by atoms with Crippen molar-refractivity contribution in [2.75, 3.05) is 6.79 Å². The van der Waals surface area contributed by atoms with Crippen molar-refractivity contribution in [3.63, 3.8) is 0 Å². The number of aromatic nitrogens is 2. The molecule has 1 aliphatic heterocycles. The molecule has 5 heteroatoms. The van der Waals surface area contributed by atoms with E-state index < -0.39 is 0 Å². The van der Waals surface area contributed by atoms with Gasteiger partial charge in [0.2, 0.25) is 6.79 Å². The Balaban J connectivity index is 1.65. The number of benzene rings is 1. The second-order valence-electron chi connectivity index (χ2n) is 5.17. The summed E-state index contributed by atoms with van der Waals surface area (Å²) in [6.07, 6.45) is 5.80. The van der Waals surface area contributed by atoms with Crippen molar-refractivity contribution in [2.24, 2.45) is 0 Å². The zero-order valence-electron chi connectivity index (χ0n) is 10.8. The maximum atomic E-state index is 5.44. The molecular weight excluding hydrogens is 272 g/mol. The SMILES string of the molecule is c1cc2c(cc1-c1cn3c4c(sc3n1)CCC4)OCO2. The summed E-state index contributed by atoms with van der Waals surface area (Å²) in [4.78, 5) is 7.36. The molecule has 2 aromatic heterocycles. The number of aryl methyl sites for hydroxylation is 2. The van der Waals surface area contributed by atoms with Crippen molar-refractivity contribution in [2.45, 2.75) is 19.3 Å². The Labute approximate surface area is 119 Å². The van der Waals surface area contributed by atoms with Crippen LogP contribution in [0.15, 0.2) is 24.4 Å². The van der Waals surface area contributed by atoms with Crippen molar-refractivity contribution in [3.05, 3.63) is 35.0 Å². The summed E-state index contributed by atoms with van der Waals surface area (Å²) >= 11 is 1.82. The van der Waals surface area contributed by atoms with E-state index >= 15 is 0 Å². The molecule has 0 N–H and O–H groups in total. The summed E-state index contributed by atoms with van der Waals surface area (Å²) in [6.45, 7) is 0.310. The van der Waals surface area contributed by atoms with Crippen LogP contribution in [0.4, 0.5) is 0 Å². The third kappa shape index (κ3) is 1.38. The normalized spacial score (nSPS) is 16.0. The van der Waals surface area contributed by atoms with E-state index in [1.807, 2.05) is 29.5 Å². The first kappa shape index (κ1) is 10.7. The zero-order chi connectivity index (χ0) is 13.1. The van der Waals surface area contributed by atoms with Gasteiger partial charge in [-0.05, 0) is 37.5 Å². The number of ether oxygens (including phenoxy) is 2.